The van der Waals surface area contributed by atoms with Gasteiger partial charge >= 0.3 is 0 Å². The maximum Gasteiger partial charge on any atom is 0.234 e. The summed E-state index contributed by atoms with van der Waals surface area (Å²) in [7, 11) is 0. The van der Waals surface area contributed by atoms with E-state index in [0.717, 1.165) is 25.5 Å². The van der Waals surface area contributed by atoms with E-state index in [0.29, 0.717) is 19.8 Å². The van der Waals surface area contributed by atoms with E-state index in [-0.39, 0.29) is 11.9 Å². The van der Waals surface area contributed by atoms with Crippen molar-refractivity contribution in [3.63, 3.8) is 0 Å². The Morgan fingerprint density at radius 3 is 2.95 bits per heavy atom. The van der Waals surface area contributed by atoms with Gasteiger partial charge in [0.2, 0.25) is 5.91 Å². The quantitative estimate of drug-likeness (QED) is 0.800. The average Bonchev–Trinajstić information content (AvgIpc) is 2.88. The Bertz CT molecular complexity index is 414. The lowest BCUT2D eigenvalue weighted by Gasteiger charge is -2.26. The molecule has 1 aliphatic rings. The van der Waals surface area contributed by atoms with E-state index >= 15 is 0 Å². The van der Waals surface area contributed by atoms with Gasteiger partial charge in [-0.05, 0) is 13.8 Å². The number of nitrogens with one attached hydrogen (secondary N) is 1. The maximum absolute atomic E-state index is 12.0. The molecule has 1 atom stereocenters. The SMILES string of the molecule is CCn1cnnc1C(C)NC(=O)CN1CCOCC1. The topological polar surface area (TPSA) is 72.3 Å². The van der Waals surface area contributed by atoms with Gasteiger partial charge in [-0.25, -0.2) is 0 Å². The number of ether oxygens (including phenoxy) is 1. The zero-order valence-corrected chi connectivity index (χ0v) is 11.5. The number of aryl methyl sites for hydroxylation is 1. The molecule has 7 heteroatoms. The Hall–Kier alpha value is -1.47. The summed E-state index contributed by atoms with van der Waals surface area (Å²) in [5.74, 6) is 0.804. The van der Waals surface area contributed by atoms with Crippen LogP contribution in [0.3, 0.4) is 0 Å². The molecule has 1 aromatic heterocycles. The van der Waals surface area contributed by atoms with Gasteiger partial charge in [0.25, 0.3) is 0 Å². The van der Waals surface area contributed by atoms with Crippen molar-refractivity contribution in [2.24, 2.45) is 0 Å². The fraction of sp³-hybridized carbons (Fsp3) is 0.750. The standard InChI is InChI=1S/C12H21N5O2/c1-3-17-9-13-15-12(17)10(2)14-11(18)8-16-4-6-19-7-5-16/h9-10H,3-8H2,1-2H3,(H,14,18). The zero-order valence-electron chi connectivity index (χ0n) is 11.5. The molecule has 106 valence electrons. The van der Waals surface area contributed by atoms with Crippen LogP contribution in [-0.2, 0) is 16.1 Å². The van der Waals surface area contributed by atoms with E-state index in [9.17, 15) is 4.79 Å². The molecule has 0 spiro atoms. The maximum atomic E-state index is 12.0. The first-order chi connectivity index (χ1) is 9.20. The monoisotopic (exact) mass is 267 g/mol. The third-order valence-corrected chi connectivity index (χ3v) is 3.22. The van der Waals surface area contributed by atoms with Gasteiger partial charge in [-0.1, -0.05) is 0 Å². The third-order valence-electron chi connectivity index (χ3n) is 3.22. The van der Waals surface area contributed by atoms with E-state index in [1.54, 1.807) is 6.33 Å². The Morgan fingerprint density at radius 1 is 1.53 bits per heavy atom. The number of hydrogen-bond donors (Lipinski definition) is 1. The van der Waals surface area contributed by atoms with Crippen LogP contribution in [0.1, 0.15) is 25.7 Å². The van der Waals surface area contributed by atoms with Crippen LogP contribution in [0, 0.1) is 0 Å². The van der Waals surface area contributed by atoms with Crippen LogP contribution in [-0.4, -0.2) is 58.4 Å². The zero-order chi connectivity index (χ0) is 13.7. The van der Waals surface area contributed by atoms with Crippen LogP contribution in [0.25, 0.3) is 0 Å². The highest BCUT2D eigenvalue weighted by Crippen LogP contribution is 2.08. The molecule has 0 saturated carbocycles. The summed E-state index contributed by atoms with van der Waals surface area (Å²) in [4.78, 5) is 14.1. The van der Waals surface area contributed by atoms with Crippen molar-refractivity contribution in [1.29, 1.82) is 0 Å². The Labute approximate surface area is 112 Å². The molecule has 0 bridgehead atoms. The van der Waals surface area contributed by atoms with Gasteiger partial charge in [-0.15, -0.1) is 10.2 Å². The third kappa shape index (κ3) is 3.74. The molecule has 1 fully saturated rings. The number of carbonyl (C=O) groups is 1. The van der Waals surface area contributed by atoms with E-state index in [1.165, 1.54) is 0 Å². The van der Waals surface area contributed by atoms with Crippen molar-refractivity contribution in [2.75, 3.05) is 32.8 Å². The van der Waals surface area contributed by atoms with Gasteiger partial charge in [0.05, 0.1) is 25.8 Å². The molecular weight excluding hydrogens is 246 g/mol. The Kier molecular flexibility index (Phi) is 4.86. The number of rotatable bonds is 5. The summed E-state index contributed by atoms with van der Waals surface area (Å²) in [5, 5.41) is 10.9. The first-order valence-electron chi connectivity index (χ1n) is 6.68. The average molecular weight is 267 g/mol. The number of aromatic nitrogens is 3. The van der Waals surface area contributed by atoms with Crippen molar-refractivity contribution < 1.29 is 9.53 Å². The van der Waals surface area contributed by atoms with Gasteiger partial charge in [-0.3, -0.25) is 9.69 Å². The molecule has 1 amide bonds. The Balaban J connectivity index is 1.84. The van der Waals surface area contributed by atoms with Gasteiger partial charge in [0, 0.05) is 19.6 Å². The van der Waals surface area contributed by atoms with E-state index in [4.69, 9.17) is 4.74 Å². The highest BCUT2D eigenvalue weighted by Gasteiger charge is 2.18. The fourth-order valence-electron chi connectivity index (χ4n) is 2.16. The highest BCUT2D eigenvalue weighted by atomic mass is 16.5. The smallest absolute Gasteiger partial charge is 0.234 e. The molecule has 0 aliphatic carbocycles. The van der Waals surface area contributed by atoms with Gasteiger partial charge in [0.15, 0.2) is 5.82 Å². The predicted octanol–water partition coefficient (Wildman–Crippen LogP) is -0.193. The minimum absolute atomic E-state index is 0.0139. The lowest BCUT2D eigenvalue weighted by atomic mass is 10.3. The molecule has 1 unspecified atom stereocenters. The number of nitrogens with zero attached hydrogens (tertiary/aromatic N) is 4. The van der Waals surface area contributed by atoms with Crippen LogP contribution in [0.2, 0.25) is 0 Å². The number of hydrogen-bond acceptors (Lipinski definition) is 5. The summed E-state index contributed by atoms with van der Waals surface area (Å²) in [6.07, 6.45) is 1.68. The lowest BCUT2D eigenvalue weighted by Crippen LogP contribution is -2.43. The molecule has 19 heavy (non-hydrogen) atoms. The molecule has 2 rings (SSSR count). The van der Waals surface area contributed by atoms with Crippen molar-refractivity contribution in [2.45, 2.75) is 26.4 Å². The van der Waals surface area contributed by atoms with Gasteiger partial charge in [0.1, 0.15) is 6.33 Å². The van der Waals surface area contributed by atoms with Crippen molar-refractivity contribution >= 4 is 5.91 Å². The fourth-order valence-corrected chi connectivity index (χ4v) is 2.16. The molecule has 1 saturated heterocycles. The lowest BCUT2D eigenvalue weighted by molar-refractivity contribution is -0.123. The first-order valence-corrected chi connectivity index (χ1v) is 6.68. The normalized spacial score (nSPS) is 18.2. The summed E-state index contributed by atoms with van der Waals surface area (Å²) in [6, 6.07) is -0.129. The number of morpholine rings is 1. The van der Waals surface area contributed by atoms with Crippen LogP contribution < -0.4 is 5.32 Å². The van der Waals surface area contributed by atoms with Crippen LogP contribution >= 0.6 is 0 Å². The molecule has 1 aromatic rings. The van der Waals surface area contributed by atoms with E-state index < -0.39 is 0 Å². The van der Waals surface area contributed by atoms with Crippen molar-refractivity contribution in [3.8, 4) is 0 Å². The molecule has 2 heterocycles. The highest BCUT2D eigenvalue weighted by molar-refractivity contribution is 5.78. The second-order valence-electron chi connectivity index (χ2n) is 4.65. The van der Waals surface area contributed by atoms with Crippen molar-refractivity contribution in [1.82, 2.24) is 25.0 Å². The Morgan fingerprint density at radius 2 is 2.26 bits per heavy atom. The van der Waals surface area contributed by atoms with E-state index in [1.807, 2.05) is 18.4 Å². The summed E-state index contributed by atoms with van der Waals surface area (Å²) >= 11 is 0. The summed E-state index contributed by atoms with van der Waals surface area (Å²) < 4.78 is 7.19. The predicted molar refractivity (Wildman–Crippen MR) is 69.5 cm³/mol. The van der Waals surface area contributed by atoms with Crippen LogP contribution in [0.4, 0.5) is 0 Å². The largest absolute Gasteiger partial charge is 0.379 e. The van der Waals surface area contributed by atoms with Crippen LogP contribution in [0.5, 0.6) is 0 Å². The second-order valence-corrected chi connectivity index (χ2v) is 4.65. The number of carbonyl (C=O) groups excluding carboxylic acids is 1. The molecule has 7 nitrogen and oxygen atoms in total. The van der Waals surface area contributed by atoms with Crippen molar-refractivity contribution in [3.05, 3.63) is 12.2 Å². The van der Waals surface area contributed by atoms with Crippen LogP contribution in [0.15, 0.2) is 6.33 Å². The molecule has 0 radical (unpaired) electrons. The summed E-state index contributed by atoms with van der Waals surface area (Å²) in [5.41, 5.74) is 0. The van der Waals surface area contributed by atoms with Gasteiger partial charge < -0.3 is 14.6 Å². The number of amides is 1. The molecule has 0 aromatic carbocycles. The molecule has 1 aliphatic heterocycles. The minimum Gasteiger partial charge on any atom is -0.379 e. The first kappa shape index (κ1) is 14.0. The molecular formula is C12H21N5O2. The van der Waals surface area contributed by atoms with Gasteiger partial charge in [-0.2, -0.15) is 0 Å². The molecule has 1 N–H and O–H groups in total. The van der Waals surface area contributed by atoms with E-state index in [2.05, 4.69) is 20.4 Å². The second kappa shape index (κ2) is 6.63. The minimum atomic E-state index is -0.129. The summed E-state index contributed by atoms with van der Waals surface area (Å²) in [6.45, 7) is 8.18.